The lowest BCUT2D eigenvalue weighted by molar-refractivity contribution is 0.0310. The summed E-state index contributed by atoms with van der Waals surface area (Å²) in [5.74, 6) is -0.451. The number of hydrogen-bond acceptors (Lipinski definition) is 3. The van der Waals surface area contributed by atoms with Crippen molar-refractivity contribution in [2.75, 3.05) is 0 Å². The maximum Gasteiger partial charge on any atom is 0.335 e. The highest BCUT2D eigenvalue weighted by Crippen LogP contribution is 2.37. The van der Waals surface area contributed by atoms with E-state index in [2.05, 4.69) is 31.9 Å². The molecule has 6 heteroatoms. The zero-order chi connectivity index (χ0) is 14.7. The lowest BCUT2D eigenvalue weighted by Crippen LogP contribution is -2.30. The standard InChI is InChI=1S/C14H16Br2O4/c15-9-6-8(14(18)19)7-10(16)13(9)20-12-5-3-1-2-4-11(12)17/h6-7,11-12,17H,1-5H2,(H,18,19). The van der Waals surface area contributed by atoms with Gasteiger partial charge in [0.15, 0.2) is 0 Å². The molecule has 2 unspecified atom stereocenters. The fraction of sp³-hybridized carbons (Fsp3) is 0.500. The van der Waals surface area contributed by atoms with Gasteiger partial charge in [-0.15, -0.1) is 0 Å². The van der Waals surface area contributed by atoms with Crippen LogP contribution in [0, 0.1) is 0 Å². The van der Waals surface area contributed by atoms with Gasteiger partial charge in [-0.2, -0.15) is 0 Å². The molecule has 0 saturated heterocycles. The predicted octanol–water partition coefficient (Wildman–Crippen LogP) is 3.98. The van der Waals surface area contributed by atoms with Gasteiger partial charge < -0.3 is 14.9 Å². The molecule has 0 spiro atoms. The van der Waals surface area contributed by atoms with Crippen molar-refractivity contribution in [1.82, 2.24) is 0 Å². The Morgan fingerprint density at radius 2 is 1.75 bits per heavy atom. The predicted molar refractivity (Wildman–Crippen MR) is 82.3 cm³/mol. The molecule has 1 aromatic carbocycles. The number of hydrogen-bond donors (Lipinski definition) is 2. The highest BCUT2D eigenvalue weighted by atomic mass is 79.9. The zero-order valence-electron chi connectivity index (χ0n) is 10.8. The van der Waals surface area contributed by atoms with Crippen molar-refractivity contribution in [3.63, 3.8) is 0 Å². The number of halogens is 2. The van der Waals surface area contributed by atoms with E-state index in [-0.39, 0.29) is 11.7 Å². The Labute approximate surface area is 134 Å². The van der Waals surface area contributed by atoms with Crippen LogP contribution in [0.3, 0.4) is 0 Å². The molecule has 0 bridgehead atoms. The summed E-state index contributed by atoms with van der Waals surface area (Å²) in [7, 11) is 0. The van der Waals surface area contributed by atoms with E-state index >= 15 is 0 Å². The first-order valence-corrected chi connectivity index (χ1v) is 8.14. The third-order valence-corrected chi connectivity index (χ3v) is 4.61. The number of aliphatic hydroxyl groups is 1. The van der Waals surface area contributed by atoms with E-state index in [0.717, 1.165) is 32.1 Å². The second kappa shape index (κ2) is 6.91. The van der Waals surface area contributed by atoms with Crippen LogP contribution in [-0.4, -0.2) is 28.4 Å². The van der Waals surface area contributed by atoms with Crippen LogP contribution in [0.1, 0.15) is 42.5 Å². The molecule has 2 rings (SSSR count). The quantitative estimate of drug-likeness (QED) is 0.743. The first-order valence-electron chi connectivity index (χ1n) is 6.56. The second-order valence-corrected chi connectivity index (χ2v) is 6.64. The Balaban J connectivity index is 2.22. The Kier molecular flexibility index (Phi) is 5.46. The molecule has 0 radical (unpaired) electrons. The van der Waals surface area contributed by atoms with Crippen molar-refractivity contribution in [3.8, 4) is 5.75 Å². The smallest absolute Gasteiger partial charge is 0.335 e. The monoisotopic (exact) mass is 406 g/mol. The summed E-state index contributed by atoms with van der Waals surface area (Å²) in [5.41, 5.74) is 0.178. The van der Waals surface area contributed by atoms with Gasteiger partial charge in [0, 0.05) is 0 Å². The SMILES string of the molecule is O=C(O)c1cc(Br)c(OC2CCCCCC2O)c(Br)c1. The fourth-order valence-electron chi connectivity index (χ4n) is 2.34. The molecular weight excluding hydrogens is 392 g/mol. The molecular formula is C14H16Br2O4. The van der Waals surface area contributed by atoms with Gasteiger partial charge in [-0.05, 0) is 63.3 Å². The van der Waals surface area contributed by atoms with Crippen LogP contribution in [0.15, 0.2) is 21.1 Å². The van der Waals surface area contributed by atoms with E-state index in [4.69, 9.17) is 9.84 Å². The molecule has 2 N–H and O–H groups in total. The van der Waals surface area contributed by atoms with Crippen LogP contribution in [-0.2, 0) is 0 Å². The minimum atomic E-state index is -0.993. The molecule has 110 valence electrons. The summed E-state index contributed by atoms with van der Waals surface area (Å²) in [4.78, 5) is 11.0. The van der Waals surface area contributed by atoms with E-state index < -0.39 is 12.1 Å². The Hall–Kier alpha value is -0.590. The number of aromatic carboxylic acids is 1. The molecule has 1 aromatic rings. The van der Waals surface area contributed by atoms with E-state index in [1.807, 2.05) is 0 Å². The number of benzene rings is 1. The normalized spacial score (nSPS) is 23.1. The molecule has 1 saturated carbocycles. The summed E-state index contributed by atoms with van der Waals surface area (Å²) in [6.45, 7) is 0. The van der Waals surface area contributed by atoms with Crippen molar-refractivity contribution >= 4 is 37.8 Å². The molecule has 0 amide bonds. The number of rotatable bonds is 3. The van der Waals surface area contributed by atoms with Gasteiger partial charge in [-0.3, -0.25) is 0 Å². The van der Waals surface area contributed by atoms with Gasteiger partial charge in [-0.25, -0.2) is 4.79 Å². The van der Waals surface area contributed by atoms with E-state index in [9.17, 15) is 9.90 Å². The first kappa shape index (κ1) is 15.8. The highest BCUT2D eigenvalue weighted by Gasteiger charge is 2.25. The highest BCUT2D eigenvalue weighted by molar-refractivity contribution is 9.11. The Morgan fingerprint density at radius 3 is 2.35 bits per heavy atom. The molecule has 20 heavy (non-hydrogen) atoms. The van der Waals surface area contributed by atoms with Crippen molar-refractivity contribution < 1.29 is 19.7 Å². The number of carboxylic acids is 1. The fourth-order valence-corrected chi connectivity index (χ4v) is 3.71. The van der Waals surface area contributed by atoms with Crippen molar-refractivity contribution in [1.29, 1.82) is 0 Å². The third kappa shape index (κ3) is 3.74. The molecule has 4 nitrogen and oxygen atoms in total. The summed E-state index contributed by atoms with van der Waals surface area (Å²) in [6.07, 6.45) is 3.98. The molecule has 2 atom stereocenters. The van der Waals surface area contributed by atoms with E-state index in [1.54, 1.807) is 0 Å². The Bertz CT molecular complexity index is 481. The van der Waals surface area contributed by atoms with Crippen LogP contribution in [0.4, 0.5) is 0 Å². The largest absolute Gasteiger partial charge is 0.485 e. The van der Waals surface area contributed by atoms with Crippen LogP contribution < -0.4 is 4.74 Å². The summed E-state index contributed by atoms with van der Waals surface area (Å²) in [6, 6.07) is 3.01. The van der Waals surface area contributed by atoms with Crippen molar-refractivity contribution in [2.45, 2.75) is 44.3 Å². The second-order valence-electron chi connectivity index (χ2n) is 4.94. The minimum absolute atomic E-state index is 0.178. The summed E-state index contributed by atoms with van der Waals surface area (Å²) < 4.78 is 7.05. The molecule has 0 aliphatic heterocycles. The average Bonchev–Trinajstić information content (AvgIpc) is 2.58. The Morgan fingerprint density at radius 1 is 1.15 bits per heavy atom. The van der Waals surface area contributed by atoms with E-state index in [0.29, 0.717) is 14.7 Å². The summed E-state index contributed by atoms with van der Waals surface area (Å²) >= 11 is 6.67. The number of carbonyl (C=O) groups is 1. The minimum Gasteiger partial charge on any atom is -0.485 e. The lowest BCUT2D eigenvalue weighted by Gasteiger charge is -2.23. The van der Waals surface area contributed by atoms with Gasteiger partial charge in [0.2, 0.25) is 0 Å². The third-order valence-electron chi connectivity index (χ3n) is 3.43. The molecule has 1 aliphatic rings. The number of ether oxygens (including phenoxy) is 1. The molecule has 0 aromatic heterocycles. The first-order chi connectivity index (χ1) is 9.49. The van der Waals surface area contributed by atoms with Crippen LogP contribution in [0.25, 0.3) is 0 Å². The number of carboxylic acid groups (broad SMARTS) is 1. The zero-order valence-corrected chi connectivity index (χ0v) is 14.0. The van der Waals surface area contributed by atoms with Gasteiger partial charge in [0.1, 0.15) is 11.9 Å². The van der Waals surface area contributed by atoms with Crippen LogP contribution in [0.5, 0.6) is 5.75 Å². The van der Waals surface area contributed by atoms with E-state index in [1.165, 1.54) is 12.1 Å². The molecule has 1 fully saturated rings. The topological polar surface area (TPSA) is 66.8 Å². The van der Waals surface area contributed by atoms with Gasteiger partial charge in [-0.1, -0.05) is 12.8 Å². The summed E-state index contributed by atoms with van der Waals surface area (Å²) in [5, 5.41) is 19.1. The maximum absolute atomic E-state index is 11.0. The molecule has 1 aliphatic carbocycles. The van der Waals surface area contributed by atoms with Crippen molar-refractivity contribution in [2.24, 2.45) is 0 Å². The van der Waals surface area contributed by atoms with Gasteiger partial charge in [0.25, 0.3) is 0 Å². The maximum atomic E-state index is 11.0. The van der Waals surface area contributed by atoms with Crippen molar-refractivity contribution in [3.05, 3.63) is 26.6 Å². The van der Waals surface area contributed by atoms with Crippen LogP contribution in [0.2, 0.25) is 0 Å². The lowest BCUT2D eigenvalue weighted by atomic mass is 10.1. The van der Waals surface area contributed by atoms with Crippen LogP contribution >= 0.6 is 31.9 Å². The number of aliphatic hydroxyl groups excluding tert-OH is 1. The molecule has 0 heterocycles. The van der Waals surface area contributed by atoms with Gasteiger partial charge in [0.05, 0.1) is 20.6 Å². The van der Waals surface area contributed by atoms with Gasteiger partial charge >= 0.3 is 5.97 Å². The average molecular weight is 408 g/mol.